The molecule has 0 radical (unpaired) electrons. The van der Waals surface area contributed by atoms with Gasteiger partial charge in [-0.3, -0.25) is 9.59 Å². The van der Waals surface area contributed by atoms with E-state index in [0.29, 0.717) is 6.54 Å². The number of methoxy groups -OCH3 is 1. The molecule has 0 aliphatic heterocycles. The van der Waals surface area contributed by atoms with Gasteiger partial charge in [0.15, 0.2) is 0 Å². The zero-order chi connectivity index (χ0) is 14.4. The number of carbonyl (C=O) groups is 2. The van der Waals surface area contributed by atoms with Crippen molar-refractivity contribution >= 4 is 27.7 Å². The third-order valence-electron chi connectivity index (χ3n) is 2.65. The number of rotatable bonds is 6. The fourth-order valence-corrected chi connectivity index (χ4v) is 1.83. The standard InChI is InChI=1S/C13H17BrN2O3/c1-9(19-2)13(18)16(8-12(15)17)7-10-3-5-11(14)6-4-10/h3-6,9H,7-8H2,1-2H3,(H2,15,17)/t9-/m1/s1. The van der Waals surface area contributed by atoms with Crippen LogP contribution in [0, 0.1) is 0 Å². The van der Waals surface area contributed by atoms with E-state index in [-0.39, 0.29) is 12.5 Å². The first-order chi connectivity index (χ1) is 8.93. The molecular weight excluding hydrogens is 312 g/mol. The van der Waals surface area contributed by atoms with E-state index in [1.807, 2.05) is 24.3 Å². The van der Waals surface area contributed by atoms with Gasteiger partial charge in [-0.05, 0) is 24.6 Å². The summed E-state index contributed by atoms with van der Waals surface area (Å²) in [6.07, 6.45) is -0.602. The number of amides is 2. The van der Waals surface area contributed by atoms with Gasteiger partial charge in [-0.1, -0.05) is 28.1 Å². The molecular formula is C13H17BrN2O3. The van der Waals surface area contributed by atoms with E-state index in [1.165, 1.54) is 12.0 Å². The lowest BCUT2D eigenvalue weighted by Crippen LogP contribution is -2.43. The van der Waals surface area contributed by atoms with Gasteiger partial charge in [0.25, 0.3) is 5.91 Å². The Morgan fingerprint density at radius 3 is 2.42 bits per heavy atom. The maximum absolute atomic E-state index is 12.1. The van der Waals surface area contributed by atoms with E-state index >= 15 is 0 Å². The molecule has 1 aromatic carbocycles. The van der Waals surface area contributed by atoms with Crippen molar-refractivity contribution in [1.82, 2.24) is 4.90 Å². The minimum atomic E-state index is -0.602. The van der Waals surface area contributed by atoms with Gasteiger partial charge in [-0.25, -0.2) is 0 Å². The molecule has 0 fully saturated rings. The Morgan fingerprint density at radius 2 is 1.95 bits per heavy atom. The van der Waals surface area contributed by atoms with Crippen LogP contribution >= 0.6 is 15.9 Å². The van der Waals surface area contributed by atoms with Gasteiger partial charge in [0, 0.05) is 18.1 Å². The lowest BCUT2D eigenvalue weighted by Gasteiger charge is -2.24. The first kappa shape index (κ1) is 15.7. The predicted octanol–water partition coefficient (Wildman–Crippen LogP) is 1.30. The van der Waals surface area contributed by atoms with Crippen LogP contribution in [0.5, 0.6) is 0 Å². The lowest BCUT2D eigenvalue weighted by atomic mass is 10.2. The van der Waals surface area contributed by atoms with E-state index in [2.05, 4.69) is 15.9 Å². The number of nitrogens with zero attached hydrogens (tertiary/aromatic N) is 1. The van der Waals surface area contributed by atoms with Crippen LogP contribution in [0.1, 0.15) is 12.5 Å². The monoisotopic (exact) mass is 328 g/mol. The summed E-state index contributed by atoms with van der Waals surface area (Å²) in [5.74, 6) is -0.807. The second-order valence-electron chi connectivity index (χ2n) is 4.17. The quantitative estimate of drug-likeness (QED) is 0.855. The Hall–Kier alpha value is -1.40. The van der Waals surface area contributed by atoms with Crippen LogP contribution in [0.2, 0.25) is 0 Å². The molecule has 104 valence electrons. The summed E-state index contributed by atoms with van der Waals surface area (Å²) in [5, 5.41) is 0. The maximum Gasteiger partial charge on any atom is 0.252 e. The number of nitrogens with two attached hydrogens (primary N) is 1. The summed E-state index contributed by atoms with van der Waals surface area (Å²) in [6, 6.07) is 7.51. The van der Waals surface area contributed by atoms with Crippen molar-refractivity contribution in [2.45, 2.75) is 19.6 Å². The van der Waals surface area contributed by atoms with E-state index < -0.39 is 12.0 Å². The number of hydrogen-bond acceptors (Lipinski definition) is 3. The molecule has 0 saturated carbocycles. The fourth-order valence-electron chi connectivity index (χ4n) is 1.57. The molecule has 5 nitrogen and oxygen atoms in total. The topological polar surface area (TPSA) is 72.6 Å². The molecule has 0 spiro atoms. The molecule has 1 rings (SSSR count). The fraction of sp³-hybridized carbons (Fsp3) is 0.385. The normalized spacial score (nSPS) is 11.9. The van der Waals surface area contributed by atoms with E-state index in [0.717, 1.165) is 10.0 Å². The van der Waals surface area contributed by atoms with Crippen LogP contribution in [0.4, 0.5) is 0 Å². The zero-order valence-electron chi connectivity index (χ0n) is 10.9. The number of carbonyl (C=O) groups excluding carboxylic acids is 2. The van der Waals surface area contributed by atoms with E-state index in [4.69, 9.17) is 10.5 Å². The first-order valence-electron chi connectivity index (χ1n) is 5.78. The molecule has 0 heterocycles. The van der Waals surface area contributed by atoms with Crippen LogP contribution in [-0.2, 0) is 20.9 Å². The summed E-state index contributed by atoms with van der Waals surface area (Å²) in [7, 11) is 1.45. The number of halogens is 1. The van der Waals surface area contributed by atoms with Crippen LogP contribution in [-0.4, -0.2) is 36.5 Å². The predicted molar refractivity (Wildman–Crippen MR) is 75.2 cm³/mol. The molecule has 0 unspecified atom stereocenters. The van der Waals surface area contributed by atoms with Crippen molar-refractivity contribution < 1.29 is 14.3 Å². The van der Waals surface area contributed by atoms with Gasteiger partial charge in [0.05, 0.1) is 6.54 Å². The summed E-state index contributed by atoms with van der Waals surface area (Å²) in [5.41, 5.74) is 6.09. The highest BCUT2D eigenvalue weighted by molar-refractivity contribution is 9.10. The Morgan fingerprint density at radius 1 is 1.37 bits per heavy atom. The van der Waals surface area contributed by atoms with Gasteiger partial charge in [-0.2, -0.15) is 0 Å². The number of hydrogen-bond donors (Lipinski definition) is 1. The minimum absolute atomic E-state index is 0.122. The van der Waals surface area contributed by atoms with Gasteiger partial charge in [0.1, 0.15) is 6.10 Å². The highest BCUT2D eigenvalue weighted by atomic mass is 79.9. The molecule has 0 aromatic heterocycles. The Balaban J connectivity index is 2.82. The average molecular weight is 329 g/mol. The molecule has 0 bridgehead atoms. The molecule has 1 atom stereocenters. The third-order valence-corrected chi connectivity index (χ3v) is 3.18. The molecule has 19 heavy (non-hydrogen) atoms. The van der Waals surface area contributed by atoms with Gasteiger partial charge in [-0.15, -0.1) is 0 Å². The first-order valence-corrected chi connectivity index (χ1v) is 6.57. The molecule has 1 aromatic rings. The van der Waals surface area contributed by atoms with Crippen molar-refractivity contribution in [2.75, 3.05) is 13.7 Å². The van der Waals surface area contributed by atoms with Crippen LogP contribution in [0.25, 0.3) is 0 Å². The Bertz CT molecular complexity index is 448. The van der Waals surface area contributed by atoms with Crippen molar-refractivity contribution in [2.24, 2.45) is 5.73 Å². The highest BCUT2D eigenvalue weighted by Crippen LogP contribution is 2.13. The molecule has 6 heteroatoms. The number of primary amides is 1. The van der Waals surface area contributed by atoms with Crippen molar-refractivity contribution in [3.63, 3.8) is 0 Å². The average Bonchev–Trinajstić information content (AvgIpc) is 2.38. The molecule has 2 N–H and O–H groups in total. The highest BCUT2D eigenvalue weighted by Gasteiger charge is 2.21. The van der Waals surface area contributed by atoms with E-state index in [9.17, 15) is 9.59 Å². The summed E-state index contributed by atoms with van der Waals surface area (Å²) < 4.78 is 5.93. The van der Waals surface area contributed by atoms with Crippen LogP contribution < -0.4 is 5.73 Å². The Kier molecular flexibility index (Phi) is 5.98. The number of benzene rings is 1. The second kappa shape index (κ2) is 7.25. The Labute approximate surface area is 120 Å². The van der Waals surface area contributed by atoms with Crippen LogP contribution in [0.15, 0.2) is 28.7 Å². The summed E-state index contributed by atoms with van der Waals surface area (Å²) >= 11 is 3.34. The molecule has 0 aliphatic rings. The van der Waals surface area contributed by atoms with Gasteiger partial charge < -0.3 is 15.4 Å². The van der Waals surface area contributed by atoms with Crippen molar-refractivity contribution in [1.29, 1.82) is 0 Å². The third kappa shape index (κ3) is 5.00. The maximum atomic E-state index is 12.1. The lowest BCUT2D eigenvalue weighted by molar-refractivity contribution is -0.144. The smallest absolute Gasteiger partial charge is 0.252 e. The second-order valence-corrected chi connectivity index (χ2v) is 5.08. The molecule has 0 saturated heterocycles. The number of ether oxygens (including phenoxy) is 1. The zero-order valence-corrected chi connectivity index (χ0v) is 12.5. The molecule has 0 aliphatic carbocycles. The SMILES string of the molecule is CO[C@H](C)C(=O)N(CC(N)=O)Cc1ccc(Br)cc1. The van der Waals surface area contributed by atoms with E-state index in [1.54, 1.807) is 6.92 Å². The molecule has 2 amide bonds. The summed E-state index contributed by atoms with van der Waals surface area (Å²) in [6.45, 7) is 1.84. The van der Waals surface area contributed by atoms with Crippen molar-refractivity contribution in [3.05, 3.63) is 34.3 Å². The van der Waals surface area contributed by atoms with Gasteiger partial charge in [0.2, 0.25) is 5.91 Å². The van der Waals surface area contributed by atoms with Crippen molar-refractivity contribution in [3.8, 4) is 0 Å². The minimum Gasteiger partial charge on any atom is -0.372 e. The van der Waals surface area contributed by atoms with Crippen LogP contribution in [0.3, 0.4) is 0 Å². The largest absolute Gasteiger partial charge is 0.372 e. The summed E-state index contributed by atoms with van der Waals surface area (Å²) in [4.78, 5) is 24.5. The van der Waals surface area contributed by atoms with Gasteiger partial charge >= 0.3 is 0 Å².